The van der Waals surface area contributed by atoms with Gasteiger partial charge in [-0.05, 0) is 55.7 Å². The molecule has 0 bridgehead atoms. The highest BCUT2D eigenvalue weighted by atomic mass is 15.0. The van der Waals surface area contributed by atoms with E-state index in [1.54, 1.807) is 0 Å². The van der Waals surface area contributed by atoms with Crippen LogP contribution in [-0.2, 0) is 0 Å². The van der Waals surface area contributed by atoms with Crippen LogP contribution >= 0.6 is 0 Å². The Kier molecular flexibility index (Phi) is 4.38. The van der Waals surface area contributed by atoms with Gasteiger partial charge in [0.1, 0.15) is 0 Å². The maximum absolute atomic E-state index is 2.30. The molecular formula is C17H23N. The summed E-state index contributed by atoms with van der Waals surface area (Å²) in [5.41, 5.74) is 1.51. The van der Waals surface area contributed by atoms with E-state index in [9.17, 15) is 0 Å². The minimum atomic E-state index is 0.665. The van der Waals surface area contributed by atoms with E-state index in [0.29, 0.717) is 5.92 Å². The molecule has 0 N–H and O–H groups in total. The monoisotopic (exact) mass is 241 g/mol. The molecule has 1 nitrogen and oxygen atoms in total. The fraction of sp³-hybridized carbons (Fsp3) is 0.412. The van der Waals surface area contributed by atoms with Crippen molar-refractivity contribution in [3.05, 3.63) is 48.0 Å². The van der Waals surface area contributed by atoms with Crippen LogP contribution in [0.15, 0.2) is 42.5 Å². The molecule has 0 aliphatic carbocycles. The molecule has 1 atom stereocenters. The van der Waals surface area contributed by atoms with E-state index in [4.69, 9.17) is 0 Å². The van der Waals surface area contributed by atoms with Gasteiger partial charge < -0.3 is 4.90 Å². The first kappa shape index (κ1) is 13.1. The molecule has 0 spiro atoms. The summed E-state index contributed by atoms with van der Waals surface area (Å²) in [6, 6.07) is 15.4. The fourth-order valence-corrected chi connectivity index (χ4v) is 2.60. The zero-order chi connectivity index (χ0) is 13.0. The van der Waals surface area contributed by atoms with Crippen molar-refractivity contribution in [2.45, 2.75) is 25.7 Å². The van der Waals surface area contributed by atoms with Crippen molar-refractivity contribution in [2.75, 3.05) is 20.6 Å². The molecule has 2 aromatic carbocycles. The van der Waals surface area contributed by atoms with Crippen molar-refractivity contribution in [3.8, 4) is 0 Å². The maximum Gasteiger partial charge on any atom is -0.00190 e. The standard InChI is InChI=1S/C17H23N/c1-4-14(12-13-18(2)3)16-11-7-9-15-8-5-6-10-17(15)16/h5-11,14H,4,12-13H2,1-3H3/t14-/m1/s1. The molecule has 0 aliphatic heterocycles. The highest BCUT2D eigenvalue weighted by Crippen LogP contribution is 2.30. The molecule has 0 fully saturated rings. The molecule has 0 saturated heterocycles. The van der Waals surface area contributed by atoms with E-state index in [2.05, 4.69) is 68.4 Å². The lowest BCUT2D eigenvalue weighted by atomic mass is 9.89. The molecule has 0 radical (unpaired) electrons. The average Bonchev–Trinajstić information content (AvgIpc) is 2.39. The molecule has 18 heavy (non-hydrogen) atoms. The van der Waals surface area contributed by atoms with Crippen molar-refractivity contribution in [3.63, 3.8) is 0 Å². The summed E-state index contributed by atoms with van der Waals surface area (Å²) >= 11 is 0. The number of hydrogen-bond acceptors (Lipinski definition) is 1. The summed E-state index contributed by atoms with van der Waals surface area (Å²) in [4.78, 5) is 2.27. The Morgan fingerprint density at radius 3 is 2.44 bits per heavy atom. The average molecular weight is 241 g/mol. The van der Waals surface area contributed by atoms with Gasteiger partial charge in [0.25, 0.3) is 0 Å². The molecule has 96 valence electrons. The van der Waals surface area contributed by atoms with Gasteiger partial charge in [-0.3, -0.25) is 0 Å². The van der Waals surface area contributed by atoms with E-state index in [1.807, 2.05) is 0 Å². The summed E-state index contributed by atoms with van der Waals surface area (Å²) in [6.07, 6.45) is 2.44. The molecule has 1 heteroatoms. The van der Waals surface area contributed by atoms with E-state index in [-0.39, 0.29) is 0 Å². The van der Waals surface area contributed by atoms with Crippen molar-refractivity contribution in [2.24, 2.45) is 0 Å². The first-order valence-corrected chi connectivity index (χ1v) is 6.84. The van der Waals surface area contributed by atoms with Gasteiger partial charge in [0.05, 0.1) is 0 Å². The zero-order valence-electron chi connectivity index (χ0n) is 11.7. The number of fused-ring (bicyclic) bond motifs is 1. The summed E-state index contributed by atoms with van der Waals surface area (Å²) in [7, 11) is 4.30. The van der Waals surface area contributed by atoms with Gasteiger partial charge in [-0.15, -0.1) is 0 Å². The van der Waals surface area contributed by atoms with Gasteiger partial charge in [-0.1, -0.05) is 49.4 Å². The molecule has 2 rings (SSSR count). The largest absolute Gasteiger partial charge is 0.309 e. The van der Waals surface area contributed by atoms with Crippen LogP contribution in [0.1, 0.15) is 31.2 Å². The molecule has 0 aromatic heterocycles. The third-order valence-electron chi connectivity index (χ3n) is 3.68. The predicted molar refractivity (Wildman–Crippen MR) is 80.2 cm³/mol. The zero-order valence-corrected chi connectivity index (χ0v) is 11.7. The van der Waals surface area contributed by atoms with Gasteiger partial charge in [-0.2, -0.15) is 0 Å². The van der Waals surface area contributed by atoms with Gasteiger partial charge >= 0.3 is 0 Å². The van der Waals surface area contributed by atoms with E-state index in [1.165, 1.54) is 29.2 Å². The van der Waals surface area contributed by atoms with E-state index in [0.717, 1.165) is 6.54 Å². The predicted octanol–water partition coefficient (Wildman–Crippen LogP) is 4.29. The van der Waals surface area contributed by atoms with Gasteiger partial charge in [0, 0.05) is 0 Å². The summed E-state index contributed by atoms with van der Waals surface area (Å²) in [6.45, 7) is 3.45. The second-order valence-electron chi connectivity index (χ2n) is 5.27. The minimum Gasteiger partial charge on any atom is -0.309 e. The van der Waals surface area contributed by atoms with Crippen LogP contribution in [0.4, 0.5) is 0 Å². The molecule has 0 amide bonds. The van der Waals surface area contributed by atoms with E-state index < -0.39 is 0 Å². The van der Waals surface area contributed by atoms with Crippen molar-refractivity contribution < 1.29 is 0 Å². The van der Waals surface area contributed by atoms with Crippen LogP contribution < -0.4 is 0 Å². The third-order valence-corrected chi connectivity index (χ3v) is 3.68. The number of benzene rings is 2. The normalized spacial score (nSPS) is 13.1. The fourth-order valence-electron chi connectivity index (χ4n) is 2.60. The second kappa shape index (κ2) is 6.01. The smallest absolute Gasteiger partial charge is 0.00190 e. The highest BCUT2D eigenvalue weighted by Gasteiger charge is 2.12. The lowest BCUT2D eigenvalue weighted by molar-refractivity contribution is 0.378. The quantitative estimate of drug-likeness (QED) is 0.755. The van der Waals surface area contributed by atoms with Crippen LogP contribution in [0.2, 0.25) is 0 Å². The topological polar surface area (TPSA) is 3.24 Å². The number of rotatable bonds is 5. The molecule has 0 saturated carbocycles. The Morgan fingerprint density at radius 1 is 1.00 bits per heavy atom. The molecule has 0 heterocycles. The minimum absolute atomic E-state index is 0.665. The lowest BCUT2D eigenvalue weighted by Crippen LogP contribution is -2.15. The Balaban J connectivity index is 2.32. The molecule has 0 unspecified atom stereocenters. The molecule has 0 aliphatic rings. The SMILES string of the molecule is CC[C@H](CCN(C)C)c1cccc2ccccc12. The molecular weight excluding hydrogens is 218 g/mol. The lowest BCUT2D eigenvalue weighted by Gasteiger charge is -2.20. The van der Waals surface area contributed by atoms with Crippen LogP contribution in [0.3, 0.4) is 0 Å². The Labute approximate surface area is 110 Å². The van der Waals surface area contributed by atoms with E-state index >= 15 is 0 Å². The first-order chi connectivity index (χ1) is 8.72. The van der Waals surface area contributed by atoms with Crippen molar-refractivity contribution in [1.82, 2.24) is 4.90 Å². The summed E-state index contributed by atoms with van der Waals surface area (Å²) in [5.74, 6) is 0.665. The van der Waals surface area contributed by atoms with Crippen LogP contribution in [0, 0.1) is 0 Å². The van der Waals surface area contributed by atoms with Crippen LogP contribution in [0.25, 0.3) is 10.8 Å². The van der Waals surface area contributed by atoms with Gasteiger partial charge in [0.2, 0.25) is 0 Å². The first-order valence-electron chi connectivity index (χ1n) is 6.84. The Bertz CT molecular complexity index is 496. The summed E-state index contributed by atoms with van der Waals surface area (Å²) < 4.78 is 0. The Hall–Kier alpha value is -1.34. The van der Waals surface area contributed by atoms with Gasteiger partial charge in [0.15, 0.2) is 0 Å². The Morgan fingerprint density at radius 2 is 1.72 bits per heavy atom. The third kappa shape index (κ3) is 2.91. The maximum atomic E-state index is 2.30. The molecule has 2 aromatic rings. The highest BCUT2D eigenvalue weighted by molar-refractivity contribution is 5.86. The van der Waals surface area contributed by atoms with Crippen molar-refractivity contribution in [1.29, 1.82) is 0 Å². The van der Waals surface area contributed by atoms with Crippen LogP contribution in [0.5, 0.6) is 0 Å². The number of nitrogens with zero attached hydrogens (tertiary/aromatic N) is 1. The van der Waals surface area contributed by atoms with Gasteiger partial charge in [-0.25, -0.2) is 0 Å². The second-order valence-corrected chi connectivity index (χ2v) is 5.27. The van der Waals surface area contributed by atoms with Crippen LogP contribution in [-0.4, -0.2) is 25.5 Å². The number of hydrogen-bond donors (Lipinski definition) is 0. The summed E-state index contributed by atoms with van der Waals surface area (Å²) in [5, 5.41) is 2.78. The van der Waals surface area contributed by atoms with Crippen molar-refractivity contribution >= 4 is 10.8 Å².